The summed E-state index contributed by atoms with van der Waals surface area (Å²) in [5.41, 5.74) is 0.355. The van der Waals surface area contributed by atoms with Crippen molar-refractivity contribution in [2.24, 2.45) is 0 Å². The number of ether oxygens (including phenoxy) is 1. The Balaban J connectivity index is 2.49. The Bertz CT molecular complexity index is 568. The van der Waals surface area contributed by atoms with Crippen molar-refractivity contribution in [1.29, 1.82) is 0 Å². The van der Waals surface area contributed by atoms with Crippen LogP contribution in [-0.4, -0.2) is 23.0 Å². The van der Waals surface area contributed by atoms with E-state index in [4.69, 9.17) is 0 Å². The molecule has 88 valence electrons. The Kier molecular flexibility index (Phi) is 3.14. The summed E-state index contributed by atoms with van der Waals surface area (Å²) in [4.78, 5) is 20.0. The Morgan fingerprint density at radius 2 is 2.29 bits per heavy atom. The van der Waals surface area contributed by atoms with Crippen molar-refractivity contribution in [3.05, 3.63) is 34.7 Å². The van der Waals surface area contributed by atoms with Crippen molar-refractivity contribution >= 4 is 17.3 Å². The molecule has 6 heteroatoms. The molecule has 0 aliphatic heterocycles. The topological polar surface area (TPSA) is 52.1 Å². The molecule has 0 bridgehead atoms. The zero-order valence-corrected chi connectivity index (χ0v) is 10.0. The maximum Gasteiger partial charge on any atom is 0.357 e. The van der Waals surface area contributed by atoms with E-state index in [1.165, 1.54) is 36.8 Å². The van der Waals surface area contributed by atoms with E-state index in [0.29, 0.717) is 9.88 Å². The standard InChI is InChI=1S/C11H9FN2O2S/c1-6-8(11(15)16-2)14-10(17-6)9-7(12)4-3-5-13-9/h3-5H,1-2H3. The van der Waals surface area contributed by atoms with Crippen LogP contribution in [-0.2, 0) is 4.74 Å². The molecule has 0 aliphatic rings. The molecule has 0 radical (unpaired) electrons. The van der Waals surface area contributed by atoms with E-state index >= 15 is 0 Å². The van der Waals surface area contributed by atoms with Gasteiger partial charge in [-0.1, -0.05) is 0 Å². The molecule has 0 N–H and O–H groups in total. The number of nitrogens with zero attached hydrogens (tertiary/aromatic N) is 2. The maximum absolute atomic E-state index is 13.5. The molecule has 0 fully saturated rings. The molecule has 2 heterocycles. The van der Waals surface area contributed by atoms with Gasteiger partial charge in [0.05, 0.1) is 7.11 Å². The highest BCUT2D eigenvalue weighted by molar-refractivity contribution is 7.15. The summed E-state index contributed by atoms with van der Waals surface area (Å²) in [6.45, 7) is 1.73. The molecule has 2 aromatic heterocycles. The van der Waals surface area contributed by atoms with Crippen molar-refractivity contribution in [3.63, 3.8) is 0 Å². The Morgan fingerprint density at radius 1 is 1.53 bits per heavy atom. The highest BCUT2D eigenvalue weighted by Crippen LogP contribution is 2.28. The summed E-state index contributed by atoms with van der Waals surface area (Å²) >= 11 is 1.21. The second kappa shape index (κ2) is 4.58. The number of thiazole rings is 1. The number of rotatable bonds is 2. The number of methoxy groups -OCH3 is 1. The zero-order valence-electron chi connectivity index (χ0n) is 9.23. The fourth-order valence-electron chi connectivity index (χ4n) is 1.33. The number of halogens is 1. The van der Waals surface area contributed by atoms with Crippen LogP contribution >= 0.6 is 11.3 Å². The van der Waals surface area contributed by atoms with Crippen LogP contribution in [0, 0.1) is 12.7 Å². The SMILES string of the molecule is COC(=O)c1nc(-c2ncccc2F)sc1C. The van der Waals surface area contributed by atoms with Crippen LogP contribution in [0.25, 0.3) is 10.7 Å². The number of esters is 1. The van der Waals surface area contributed by atoms with E-state index in [9.17, 15) is 9.18 Å². The van der Waals surface area contributed by atoms with E-state index in [-0.39, 0.29) is 11.4 Å². The van der Waals surface area contributed by atoms with Crippen molar-refractivity contribution < 1.29 is 13.9 Å². The van der Waals surface area contributed by atoms with Gasteiger partial charge in [0.1, 0.15) is 10.7 Å². The van der Waals surface area contributed by atoms with Crippen LogP contribution in [0.4, 0.5) is 4.39 Å². The molecule has 0 amide bonds. The van der Waals surface area contributed by atoms with Gasteiger partial charge in [-0.15, -0.1) is 11.3 Å². The smallest absolute Gasteiger partial charge is 0.357 e. The van der Waals surface area contributed by atoms with Gasteiger partial charge in [-0.25, -0.2) is 14.2 Å². The van der Waals surface area contributed by atoms with Crippen LogP contribution < -0.4 is 0 Å². The van der Waals surface area contributed by atoms with E-state index < -0.39 is 11.8 Å². The summed E-state index contributed by atoms with van der Waals surface area (Å²) in [6, 6.07) is 2.80. The quantitative estimate of drug-likeness (QED) is 0.770. The first kappa shape index (κ1) is 11.7. The van der Waals surface area contributed by atoms with Gasteiger partial charge in [0.25, 0.3) is 0 Å². The van der Waals surface area contributed by atoms with Crippen molar-refractivity contribution in [1.82, 2.24) is 9.97 Å². The summed E-state index contributed by atoms with van der Waals surface area (Å²) in [5.74, 6) is -0.987. The predicted molar refractivity (Wildman–Crippen MR) is 61.4 cm³/mol. The van der Waals surface area contributed by atoms with Gasteiger partial charge < -0.3 is 4.74 Å². The second-order valence-corrected chi connectivity index (χ2v) is 4.45. The Hall–Kier alpha value is -1.82. The maximum atomic E-state index is 13.5. The van der Waals surface area contributed by atoms with Gasteiger partial charge in [0.2, 0.25) is 0 Å². The van der Waals surface area contributed by atoms with E-state index in [0.717, 1.165) is 0 Å². The summed E-state index contributed by atoms with van der Waals surface area (Å²) in [6.07, 6.45) is 1.48. The van der Waals surface area contributed by atoms with E-state index in [1.54, 1.807) is 6.92 Å². The first-order chi connectivity index (χ1) is 8.13. The van der Waals surface area contributed by atoms with E-state index in [2.05, 4.69) is 14.7 Å². The Labute approximate surface area is 101 Å². The van der Waals surface area contributed by atoms with E-state index in [1.807, 2.05) is 0 Å². The van der Waals surface area contributed by atoms with Gasteiger partial charge in [-0.3, -0.25) is 4.98 Å². The third kappa shape index (κ3) is 2.16. The lowest BCUT2D eigenvalue weighted by Crippen LogP contribution is -2.03. The lowest BCUT2D eigenvalue weighted by molar-refractivity contribution is 0.0594. The molecule has 4 nitrogen and oxygen atoms in total. The number of carbonyl (C=O) groups is 1. The molecule has 0 saturated heterocycles. The molecule has 0 aromatic carbocycles. The summed E-state index contributed by atoms with van der Waals surface area (Å²) in [7, 11) is 1.28. The molecular formula is C11H9FN2O2S. The van der Waals surface area contributed by atoms with Crippen LogP contribution in [0.2, 0.25) is 0 Å². The zero-order chi connectivity index (χ0) is 12.4. The van der Waals surface area contributed by atoms with Crippen LogP contribution in [0.5, 0.6) is 0 Å². The third-order valence-electron chi connectivity index (χ3n) is 2.14. The predicted octanol–water partition coefficient (Wildman–Crippen LogP) is 2.44. The summed E-state index contributed by atoms with van der Waals surface area (Å²) in [5, 5.41) is 0.376. The average Bonchev–Trinajstić information content (AvgIpc) is 2.71. The van der Waals surface area contributed by atoms with Crippen LogP contribution in [0.3, 0.4) is 0 Å². The second-order valence-electron chi connectivity index (χ2n) is 3.25. The lowest BCUT2D eigenvalue weighted by atomic mass is 10.3. The molecule has 17 heavy (non-hydrogen) atoms. The number of aromatic nitrogens is 2. The minimum absolute atomic E-state index is 0.149. The van der Waals surface area contributed by atoms with Crippen LogP contribution in [0.1, 0.15) is 15.4 Å². The molecule has 0 saturated carbocycles. The largest absolute Gasteiger partial charge is 0.464 e. The number of pyridine rings is 1. The Morgan fingerprint density at radius 3 is 2.94 bits per heavy atom. The van der Waals surface area contributed by atoms with Crippen LogP contribution in [0.15, 0.2) is 18.3 Å². The molecule has 2 aromatic rings. The molecule has 0 aliphatic carbocycles. The van der Waals surface area contributed by atoms with Gasteiger partial charge in [-0.2, -0.15) is 0 Å². The van der Waals surface area contributed by atoms with Gasteiger partial charge in [-0.05, 0) is 19.1 Å². The minimum atomic E-state index is -0.527. The van der Waals surface area contributed by atoms with Crippen molar-refractivity contribution in [3.8, 4) is 10.7 Å². The number of carbonyl (C=O) groups excluding carboxylic acids is 1. The minimum Gasteiger partial charge on any atom is -0.464 e. The average molecular weight is 252 g/mol. The van der Waals surface area contributed by atoms with Crippen molar-refractivity contribution in [2.45, 2.75) is 6.92 Å². The number of aryl methyl sites for hydroxylation is 1. The molecular weight excluding hydrogens is 243 g/mol. The highest BCUT2D eigenvalue weighted by Gasteiger charge is 2.18. The first-order valence-electron chi connectivity index (χ1n) is 4.80. The molecule has 0 spiro atoms. The number of hydrogen-bond donors (Lipinski definition) is 0. The lowest BCUT2D eigenvalue weighted by Gasteiger charge is -1.96. The fraction of sp³-hybridized carbons (Fsp3) is 0.182. The van der Waals surface area contributed by atoms with Gasteiger partial charge in [0, 0.05) is 11.1 Å². The fourth-order valence-corrected chi connectivity index (χ4v) is 2.23. The van der Waals surface area contributed by atoms with Gasteiger partial charge >= 0.3 is 5.97 Å². The first-order valence-corrected chi connectivity index (χ1v) is 5.61. The highest BCUT2D eigenvalue weighted by atomic mass is 32.1. The molecule has 0 atom stereocenters. The monoisotopic (exact) mass is 252 g/mol. The normalized spacial score (nSPS) is 10.3. The van der Waals surface area contributed by atoms with Crippen molar-refractivity contribution in [2.75, 3.05) is 7.11 Å². The summed E-state index contributed by atoms with van der Waals surface area (Å²) < 4.78 is 18.1. The number of hydrogen-bond acceptors (Lipinski definition) is 5. The molecule has 2 rings (SSSR count). The third-order valence-corrected chi connectivity index (χ3v) is 3.11. The molecule has 0 unspecified atom stereocenters. The van der Waals surface area contributed by atoms with Gasteiger partial charge in [0.15, 0.2) is 11.5 Å².